The topological polar surface area (TPSA) is 63.8 Å². The van der Waals surface area contributed by atoms with Gasteiger partial charge in [0.15, 0.2) is 0 Å². The summed E-state index contributed by atoms with van der Waals surface area (Å²) in [7, 11) is 0. The van der Waals surface area contributed by atoms with Crippen LogP contribution in [-0.2, 0) is 0 Å². The third-order valence-corrected chi connectivity index (χ3v) is 1.28. The van der Waals surface area contributed by atoms with Crippen molar-refractivity contribution < 1.29 is 0 Å². The largest absolute Gasteiger partial charge is 0.270 e. The van der Waals surface area contributed by atoms with Gasteiger partial charge in [-0.2, -0.15) is 0 Å². The van der Waals surface area contributed by atoms with E-state index in [9.17, 15) is 0 Å². The molecule has 0 bridgehead atoms. The molecule has 0 aromatic carbocycles. The number of nitrogens with one attached hydrogen (secondary N) is 1. The van der Waals surface area contributed by atoms with Gasteiger partial charge >= 0.3 is 0 Å². The lowest BCUT2D eigenvalue weighted by Crippen LogP contribution is -2.27. The summed E-state index contributed by atoms with van der Waals surface area (Å²) in [6.45, 7) is 3.59. The molecule has 1 aromatic heterocycles. The minimum Gasteiger partial charge on any atom is -0.270 e. The van der Waals surface area contributed by atoms with Crippen LogP contribution in [0.25, 0.3) is 0 Å². The summed E-state index contributed by atoms with van der Waals surface area (Å²) in [5, 5.41) is 0. The molecule has 0 saturated heterocycles. The molecular weight excluding hydrogens is 140 g/mol. The first kappa shape index (κ1) is 7.84. The Labute approximate surface area is 65.1 Å². The van der Waals surface area contributed by atoms with Crippen molar-refractivity contribution >= 4 is 0 Å². The minimum atomic E-state index is -0.170. The Morgan fingerprint density at radius 1 is 1.55 bits per heavy atom. The molecule has 0 aliphatic carbocycles. The Bertz CT molecular complexity index is 221. The first-order valence-electron chi connectivity index (χ1n) is 3.24. The highest BCUT2D eigenvalue weighted by molar-refractivity contribution is 5.02. The number of hydrogen-bond donors (Lipinski definition) is 2. The fraction of sp³-hybridized carbons (Fsp3) is 0.143. The Morgan fingerprint density at radius 2 is 2.18 bits per heavy atom. The van der Waals surface area contributed by atoms with E-state index in [-0.39, 0.29) is 6.04 Å². The lowest BCUT2D eigenvalue weighted by Gasteiger charge is -2.07. The van der Waals surface area contributed by atoms with E-state index in [0.29, 0.717) is 5.82 Å². The van der Waals surface area contributed by atoms with E-state index in [1.165, 1.54) is 0 Å². The van der Waals surface area contributed by atoms with E-state index in [1.54, 1.807) is 24.5 Å². The van der Waals surface area contributed by atoms with Gasteiger partial charge in [0.2, 0.25) is 0 Å². The molecule has 1 atom stereocenters. The molecule has 11 heavy (non-hydrogen) atoms. The van der Waals surface area contributed by atoms with Crippen molar-refractivity contribution in [3.63, 3.8) is 0 Å². The molecule has 0 amide bonds. The van der Waals surface area contributed by atoms with Gasteiger partial charge in [-0.1, -0.05) is 6.08 Å². The molecule has 0 radical (unpaired) electrons. The standard InChI is InChI=1S/C7H10N4/c1-2-6(11-8)7-9-4-3-5-10-7/h2-6,11H,1,8H2. The van der Waals surface area contributed by atoms with Crippen LogP contribution >= 0.6 is 0 Å². The highest BCUT2D eigenvalue weighted by Gasteiger charge is 2.05. The summed E-state index contributed by atoms with van der Waals surface area (Å²) >= 11 is 0. The van der Waals surface area contributed by atoms with Crippen LogP contribution in [0.4, 0.5) is 0 Å². The Balaban J connectivity index is 2.82. The molecule has 1 heterocycles. The summed E-state index contributed by atoms with van der Waals surface area (Å²) in [6, 6.07) is 1.58. The van der Waals surface area contributed by atoms with Crippen molar-refractivity contribution in [1.29, 1.82) is 0 Å². The van der Waals surface area contributed by atoms with Crippen molar-refractivity contribution in [2.24, 2.45) is 5.84 Å². The van der Waals surface area contributed by atoms with Crippen molar-refractivity contribution in [3.05, 3.63) is 36.9 Å². The molecular formula is C7H10N4. The van der Waals surface area contributed by atoms with Gasteiger partial charge in [0.25, 0.3) is 0 Å². The quantitative estimate of drug-likeness (QED) is 0.366. The average Bonchev–Trinajstić information content (AvgIpc) is 2.09. The molecule has 0 spiro atoms. The van der Waals surface area contributed by atoms with Gasteiger partial charge in [-0.15, -0.1) is 6.58 Å². The predicted octanol–water partition coefficient (Wildman–Crippen LogP) is 0.167. The fourth-order valence-corrected chi connectivity index (χ4v) is 0.719. The molecule has 0 aliphatic heterocycles. The van der Waals surface area contributed by atoms with Gasteiger partial charge in [-0.3, -0.25) is 5.84 Å². The SMILES string of the molecule is C=CC(NN)c1ncccn1. The summed E-state index contributed by atoms with van der Waals surface area (Å²) in [4.78, 5) is 7.99. The maximum Gasteiger partial charge on any atom is 0.150 e. The second-order valence-electron chi connectivity index (χ2n) is 1.99. The maximum atomic E-state index is 5.21. The van der Waals surface area contributed by atoms with Crippen LogP contribution in [0, 0.1) is 0 Å². The Hall–Kier alpha value is -1.26. The zero-order valence-corrected chi connectivity index (χ0v) is 6.07. The first-order valence-corrected chi connectivity index (χ1v) is 3.24. The van der Waals surface area contributed by atoms with Crippen molar-refractivity contribution in [2.75, 3.05) is 0 Å². The van der Waals surface area contributed by atoms with Crippen molar-refractivity contribution in [3.8, 4) is 0 Å². The molecule has 1 unspecified atom stereocenters. The van der Waals surface area contributed by atoms with E-state index in [2.05, 4.69) is 22.0 Å². The van der Waals surface area contributed by atoms with Crippen LogP contribution in [-0.4, -0.2) is 9.97 Å². The highest BCUT2D eigenvalue weighted by atomic mass is 15.2. The molecule has 3 N–H and O–H groups in total. The third kappa shape index (κ3) is 1.83. The van der Waals surface area contributed by atoms with E-state index in [1.807, 2.05) is 0 Å². The molecule has 4 nitrogen and oxygen atoms in total. The van der Waals surface area contributed by atoms with Crippen molar-refractivity contribution in [1.82, 2.24) is 15.4 Å². The van der Waals surface area contributed by atoms with Gasteiger partial charge < -0.3 is 0 Å². The maximum absolute atomic E-state index is 5.21. The van der Waals surface area contributed by atoms with E-state index < -0.39 is 0 Å². The van der Waals surface area contributed by atoms with Gasteiger partial charge in [-0.05, 0) is 6.07 Å². The second kappa shape index (κ2) is 3.80. The lowest BCUT2D eigenvalue weighted by atomic mass is 10.3. The van der Waals surface area contributed by atoms with Crippen LogP contribution in [0.15, 0.2) is 31.1 Å². The summed E-state index contributed by atoms with van der Waals surface area (Å²) < 4.78 is 0. The van der Waals surface area contributed by atoms with Gasteiger partial charge in [0.1, 0.15) is 5.82 Å². The van der Waals surface area contributed by atoms with Crippen LogP contribution in [0.5, 0.6) is 0 Å². The zero-order chi connectivity index (χ0) is 8.10. The molecule has 1 aromatic rings. The molecule has 4 heteroatoms. The summed E-state index contributed by atoms with van der Waals surface area (Å²) in [5.74, 6) is 5.84. The molecule has 0 fully saturated rings. The molecule has 58 valence electrons. The van der Waals surface area contributed by atoms with Crippen LogP contribution in [0.1, 0.15) is 11.9 Å². The van der Waals surface area contributed by atoms with E-state index in [4.69, 9.17) is 5.84 Å². The monoisotopic (exact) mass is 150 g/mol. The van der Waals surface area contributed by atoms with Crippen LogP contribution < -0.4 is 11.3 Å². The predicted molar refractivity (Wildman–Crippen MR) is 42.3 cm³/mol. The van der Waals surface area contributed by atoms with E-state index >= 15 is 0 Å². The average molecular weight is 150 g/mol. The smallest absolute Gasteiger partial charge is 0.150 e. The molecule has 1 rings (SSSR count). The van der Waals surface area contributed by atoms with Gasteiger partial charge in [0.05, 0.1) is 6.04 Å². The Morgan fingerprint density at radius 3 is 2.64 bits per heavy atom. The summed E-state index contributed by atoms with van der Waals surface area (Å²) in [6.07, 6.45) is 4.97. The number of nitrogens with two attached hydrogens (primary N) is 1. The minimum absolute atomic E-state index is 0.170. The van der Waals surface area contributed by atoms with Gasteiger partial charge in [-0.25, -0.2) is 15.4 Å². The molecule has 0 aliphatic rings. The zero-order valence-electron chi connectivity index (χ0n) is 6.07. The van der Waals surface area contributed by atoms with Gasteiger partial charge in [0, 0.05) is 12.4 Å². The Kier molecular flexibility index (Phi) is 2.71. The van der Waals surface area contributed by atoms with Crippen molar-refractivity contribution in [2.45, 2.75) is 6.04 Å². The third-order valence-electron chi connectivity index (χ3n) is 1.28. The molecule has 0 saturated carbocycles. The van der Waals surface area contributed by atoms with E-state index in [0.717, 1.165) is 0 Å². The number of hydrogen-bond acceptors (Lipinski definition) is 4. The number of rotatable bonds is 3. The number of aromatic nitrogens is 2. The fourth-order valence-electron chi connectivity index (χ4n) is 0.719. The number of hydrazine groups is 1. The van der Waals surface area contributed by atoms with Crippen LogP contribution in [0.3, 0.4) is 0 Å². The van der Waals surface area contributed by atoms with Crippen LogP contribution in [0.2, 0.25) is 0 Å². The first-order chi connectivity index (χ1) is 5.38. The lowest BCUT2D eigenvalue weighted by molar-refractivity contribution is 0.619. The number of nitrogens with zero attached hydrogens (tertiary/aromatic N) is 2. The highest BCUT2D eigenvalue weighted by Crippen LogP contribution is 2.03. The second-order valence-corrected chi connectivity index (χ2v) is 1.99. The normalized spacial score (nSPS) is 12.5. The summed E-state index contributed by atoms with van der Waals surface area (Å²) in [5.41, 5.74) is 2.52.